The van der Waals surface area contributed by atoms with Gasteiger partial charge in [-0.3, -0.25) is 4.79 Å². The van der Waals surface area contributed by atoms with Crippen LogP contribution in [0.2, 0.25) is 5.02 Å². The lowest BCUT2D eigenvalue weighted by Crippen LogP contribution is -2.15. The number of carbonyl (C=O) groups excluding carboxylic acids is 1. The van der Waals surface area contributed by atoms with Gasteiger partial charge in [-0.1, -0.05) is 35.9 Å². The molecule has 1 heterocycles. The van der Waals surface area contributed by atoms with Crippen molar-refractivity contribution in [2.24, 2.45) is 0 Å². The monoisotopic (exact) mass is 382 g/mol. The molecule has 0 aliphatic heterocycles. The van der Waals surface area contributed by atoms with E-state index in [4.69, 9.17) is 16.3 Å². The Balaban J connectivity index is 1.52. The van der Waals surface area contributed by atoms with Crippen molar-refractivity contribution >= 4 is 29.0 Å². The summed E-state index contributed by atoms with van der Waals surface area (Å²) in [6.45, 7) is 0.701. The third kappa shape index (κ3) is 5.18. The topological polar surface area (TPSA) is 76.1 Å². The highest BCUT2D eigenvalue weighted by Crippen LogP contribution is 2.21. The molecular weight excluding hydrogens is 364 g/mol. The van der Waals surface area contributed by atoms with Gasteiger partial charge in [0.05, 0.1) is 30.2 Å². The number of halogens is 1. The van der Waals surface area contributed by atoms with Crippen LogP contribution in [0.1, 0.15) is 16.1 Å². The zero-order valence-corrected chi connectivity index (χ0v) is 15.5. The number of nitrogens with zero attached hydrogens (tertiary/aromatic N) is 2. The van der Waals surface area contributed by atoms with Crippen molar-refractivity contribution in [2.75, 3.05) is 24.3 Å². The van der Waals surface area contributed by atoms with E-state index in [-0.39, 0.29) is 11.6 Å². The van der Waals surface area contributed by atoms with Crippen LogP contribution in [0.25, 0.3) is 0 Å². The van der Waals surface area contributed by atoms with Crippen LogP contribution < -0.4 is 15.4 Å². The minimum Gasteiger partial charge on any atom is -0.497 e. The summed E-state index contributed by atoms with van der Waals surface area (Å²) in [7, 11) is 1.65. The number of aromatic nitrogens is 2. The molecular formula is C20H19ClN4O2. The SMILES string of the molecule is COc1ccc(CCNc2cnc(C(=O)Nc3ccccc3Cl)cn2)cc1. The predicted octanol–water partition coefficient (Wildman–Crippen LogP) is 4.05. The summed E-state index contributed by atoms with van der Waals surface area (Å²) in [5.74, 6) is 1.08. The Hall–Kier alpha value is -3.12. The van der Waals surface area contributed by atoms with Gasteiger partial charge in [0.1, 0.15) is 17.3 Å². The average Bonchev–Trinajstić information content (AvgIpc) is 2.71. The predicted molar refractivity (Wildman–Crippen MR) is 107 cm³/mol. The van der Waals surface area contributed by atoms with Crippen LogP contribution in [-0.2, 0) is 6.42 Å². The molecule has 0 bridgehead atoms. The summed E-state index contributed by atoms with van der Waals surface area (Å²) in [5.41, 5.74) is 1.94. The van der Waals surface area contributed by atoms with Gasteiger partial charge in [-0.05, 0) is 36.2 Å². The van der Waals surface area contributed by atoms with E-state index in [1.807, 2.05) is 24.3 Å². The molecule has 0 saturated carbocycles. The summed E-state index contributed by atoms with van der Waals surface area (Å²) in [5, 5.41) is 6.37. The molecule has 3 rings (SSSR count). The number of amides is 1. The maximum atomic E-state index is 12.2. The quantitative estimate of drug-likeness (QED) is 0.644. The van der Waals surface area contributed by atoms with E-state index in [1.54, 1.807) is 31.4 Å². The van der Waals surface area contributed by atoms with Crippen molar-refractivity contribution in [3.63, 3.8) is 0 Å². The Kier molecular flexibility index (Phi) is 6.22. The van der Waals surface area contributed by atoms with Crippen molar-refractivity contribution in [3.8, 4) is 5.75 Å². The van der Waals surface area contributed by atoms with Gasteiger partial charge in [0, 0.05) is 6.54 Å². The number of anilines is 2. The van der Waals surface area contributed by atoms with Crippen LogP contribution in [0.4, 0.5) is 11.5 Å². The van der Waals surface area contributed by atoms with Crippen molar-refractivity contribution in [1.29, 1.82) is 0 Å². The fourth-order valence-corrected chi connectivity index (χ4v) is 2.60. The number of methoxy groups -OCH3 is 1. The number of carbonyl (C=O) groups is 1. The van der Waals surface area contributed by atoms with E-state index in [0.29, 0.717) is 23.1 Å². The lowest BCUT2D eigenvalue weighted by atomic mass is 10.1. The molecule has 138 valence electrons. The highest BCUT2D eigenvalue weighted by Gasteiger charge is 2.10. The van der Waals surface area contributed by atoms with Crippen LogP contribution in [0.15, 0.2) is 60.9 Å². The number of hydrogen-bond donors (Lipinski definition) is 2. The number of ether oxygens (including phenoxy) is 1. The molecule has 0 spiro atoms. The molecule has 0 fully saturated rings. The van der Waals surface area contributed by atoms with Gasteiger partial charge in [0.15, 0.2) is 0 Å². The number of para-hydroxylation sites is 1. The van der Waals surface area contributed by atoms with E-state index >= 15 is 0 Å². The Labute approximate surface area is 162 Å². The molecule has 7 heteroatoms. The summed E-state index contributed by atoms with van der Waals surface area (Å²) >= 11 is 6.04. The highest BCUT2D eigenvalue weighted by atomic mass is 35.5. The van der Waals surface area contributed by atoms with Gasteiger partial charge < -0.3 is 15.4 Å². The fourth-order valence-electron chi connectivity index (χ4n) is 2.41. The molecule has 3 aromatic rings. The van der Waals surface area contributed by atoms with Gasteiger partial charge in [-0.15, -0.1) is 0 Å². The molecule has 0 unspecified atom stereocenters. The molecule has 27 heavy (non-hydrogen) atoms. The molecule has 0 aliphatic carbocycles. The van der Waals surface area contributed by atoms with Crippen molar-refractivity contribution in [2.45, 2.75) is 6.42 Å². The van der Waals surface area contributed by atoms with E-state index in [9.17, 15) is 4.79 Å². The molecule has 0 atom stereocenters. The Morgan fingerprint density at radius 1 is 1.07 bits per heavy atom. The van der Waals surface area contributed by atoms with E-state index in [1.165, 1.54) is 18.0 Å². The summed E-state index contributed by atoms with van der Waals surface area (Å²) < 4.78 is 5.14. The molecule has 0 saturated heterocycles. The highest BCUT2D eigenvalue weighted by molar-refractivity contribution is 6.33. The Morgan fingerprint density at radius 2 is 1.85 bits per heavy atom. The third-order valence-corrected chi connectivity index (χ3v) is 4.21. The molecule has 2 N–H and O–H groups in total. The van der Waals surface area contributed by atoms with Crippen LogP contribution in [0.5, 0.6) is 5.75 Å². The summed E-state index contributed by atoms with van der Waals surface area (Å²) in [6, 6.07) is 14.9. The maximum absolute atomic E-state index is 12.2. The van der Waals surface area contributed by atoms with Crippen molar-refractivity contribution in [3.05, 3.63) is 77.2 Å². The standard InChI is InChI=1S/C20H19ClN4O2/c1-27-15-8-6-14(7-9-15)10-11-22-19-13-23-18(12-24-19)20(26)25-17-5-3-2-4-16(17)21/h2-9,12-13H,10-11H2,1H3,(H,22,24)(H,25,26). The first kappa shape index (κ1) is 18.7. The number of hydrogen-bond acceptors (Lipinski definition) is 5. The van der Waals surface area contributed by atoms with Crippen LogP contribution >= 0.6 is 11.6 Å². The minimum absolute atomic E-state index is 0.218. The van der Waals surface area contributed by atoms with Crippen LogP contribution in [0.3, 0.4) is 0 Å². The van der Waals surface area contributed by atoms with Gasteiger partial charge in [-0.2, -0.15) is 0 Å². The van der Waals surface area contributed by atoms with E-state index in [0.717, 1.165) is 12.2 Å². The third-order valence-electron chi connectivity index (χ3n) is 3.89. The molecule has 6 nitrogen and oxygen atoms in total. The van der Waals surface area contributed by atoms with Crippen molar-refractivity contribution < 1.29 is 9.53 Å². The molecule has 2 aromatic carbocycles. The van der Waals surface area contributed by atoms with Crippen LogP contribution in [0, 0.1) is 0 Å². The second-order valence-corrected chi connectivity index (χ2v) is 6.15. The number of rotatable bonds is 7. The van der Waals surface area contributed by atoms with Crippen LogP contribution in [-0.4, -0.2) is 29.5 Å². The average molecular weight is 383 g/mol. The number of nitrogens with one attached hydrogen (secondary N) is 2. The summed E-state index contributed by atoms with van der Waals surface area (Å²) in [6.07, 6.45) is 3.80. The van der Waals surface area contributed by atoms with Gasteiger partial charge >= 0.3 is 0 Å². The first-order chi connectivity index (χ1) is 13.2. The second-order valence-electron chi connectivity index (χ2n) is 5.75. The zero-order valence-electron chi connectivity index (χ0n) is 14.8. The lowest BCUT2D eigenvalue weighted by molar-refractivity contribution is 0.102. The zero-order chi connectivity index (χ0) is 19.1. The van der Waals surface area contributed by atoms with E-state index < -0.39 is 0 Å². The maximum Gasteiger partial charge on any atom is 0.275 e. The Morgan fingerprint density at radius 3 is 2.52 bits per heavy atom. The van der Waals surface area contributed by atoms with Gasteiger partial charge in [-0.25, -0.2) is 9.97 Å². The molecule has 1 aromatic heterocycles. The largest absolute Gasteiger partial charge is 0.497 e. The normalized spacial score (nSPS) is 10.3. The van der Waals surface area contributed by atoms with E-state index in [2.05, 4.69) is 20.6 Å². The van der Waals surface area contributed by atoms with Gasteiger partial charge in [0.2, 0.25) is 0 Å². The molecule has 1 amide bonds. The number of benzene rings is 2. The molecule has 0 aliphatic rings. The first-order valence-corrected chi connectivity index (χ1v) is 8.78. The minimum atomic E-state index is -0.361. The lowest BCUT2D eigenvalue weighted by Gasteiger charge is -2.08. The summed E-state index contributed by atoms with van der Waals surface area (Å²) in [4.78, 5) is 20.6. The van der Waals surface area contributed by atoms with Crippen molar-refractivity contribution in [1.82, 2.24) is 9.97 Å². The smallest absolute Gasteiger partial charge is 0.275 e. The molecule has 0 radical (unpaired) electrons. The fraction of sp³-hybridized carbons (Fsp3) is 0.150. The first-order valence-electron chi connectivity index (χ1n) is 8.40. The van der Waals surface area contributed by atoms with Gasteiger partial charge in [0.25, 0.3) is 5.91 Å². The second kappa shape index (κ2) is 9.00. The Bertz CT molecular complexity index is 899.